The van der Waals surface area contributed by atoms with Gasteiger partial charge in [-0.05, 0) is 17.2 Å². The molecular weight excluding hydrogens is 306 g/mol. The smallest absolute Gasteiger partial charge is 0.311 e. The summed E-state index contributed by atoms with van der Waals surface area (Å²) >= 11 is 0. The van der Waals surface area contributed by atoms with Gasteiger partial charge in [0.05, 0.1) is 12.0 Å². The van der Waals surface area contributed by atoms with E-state index in [1.54, 1.807) is 12.1 Å². The Kier molecular flexibility index (Phi) is 4.78. The first kappa shape index (κ1) is 16.4. The third kappa shape index (κ3) is 3.39. The van der Waals surface area contributed by atoms with Crippen molar-refractivity contribution in [3.05, 3.63) is 69.8 Å². The normalized spacial score (nSPS) is 20.9. The van der Waals surface area contributed by atoms with Crippen molar-refractivity contribution < 1.29 is 9.66 Å². The fourth-order valence-corrected chi connectivity index (χ4v) is 3.33. The number of nitro benzene ring substituents is 1. The summed E-state index contributed by atoms with van der Waals surface area (Å²) < 4.78 is 5.05. The monoisotopic (exact) mass is 327 g/mol. The SMILES string of the molecule is COc1ccc(CN2C[C@@H](N)[C@H](c3ccccc3)C2)cc1[N+](=O)[O-]. The molecule has 2 atom stereocenters. The van der Waals surface area contributed by atoms with Gasteiger partial charge in [-0.2, -0.15) is 0 Å². The van der Waals surface area contributed by atoms with E-state index in [1.165, 1.54) is 12.7 Å². The predicted octanol–water partition coefficient (Wildman–Crippen LogP) is 2.53. The van der Waals surface area contributed by atoms with Crippen molar-refractivity contribution in [2.75, 3.05) is 20.2 Å². The van der Waals surface area contributed by atoms with Crippen LogP contribution < -0.4 is 10.5 Å². The zero-order chi connectivity index (χ0) is 17.1. The lowest BCUT2D eigenvalue weighted by molar-refractivity contribution is -0.385. The van der Waals surface area contributed by atoms with Crippen LogP contribution in [0.4, 0.5) is 5.69 Å². The van der Waals surface area contributed by atoms with Gasteiger partial charge in [-0.3, -0.25) is 15.0 Å². The molecule has 6 nitrogen and oxygen atoms in total. The summed E-state index contributed by atoms with van der Waals surface area (Å²) in [6.45, 7) is 2.27. The molecule has 126 valence electrons. The zero-order valence-electron chi connectivity index (χ0n) is 13.6. The van der Waals surface area contributed by atoms with E-state index in [2.05, 4.69) is 17.0 Å². The minimum absolute atomic E-state index is 0.00175. The Balaban J connectivity index is 1.73. The average Bonchev–Trinajstić information content (AvgIpc) is 2.96. The van der Waals surface area contributed by atoms with Gasteiger partial charge < -0.3 is 10.5 Å². The van der Waals surface area contributed by atoms with Gasteiger partial charge in [0, 0.05) is 37.7 Å². The second-order valence-electron chi connectivity index (χ2n) is 6.14. The first-order valence-electron chi connectivity index (χ1n) is 7.92. The zero-order valence-corrected chi connectivity index (χ0v) is 13.6. The van der Waals surface area contributed by atoms with Gasteiger partial charge >= 0.3 is 5.69 Å². The van der Waals surface area contributed by atoms with Gasteiger partial charge in [0.1, 0.15) is 0 Å². The van der Waals surface area contributed by atoms with Gasteiger partial charge in [0.2, 0.25) is 0 Å². The Morgan fingerprint density at radius 1 is 1.25 bits per heavy atom. The Morgan fingerprint density at radius 2 is 2.00 bits per heavy atom. The lowest BCUT2D eigenvalue weighted by Crippen LogP contribution is -2.28. The van der Waals surface area contributed by atoms with E-state index in [1.807, 2.05) is 24.3 Å². The molecule has 0 radical (unpaired) electrons. The summed E-state index contributed by atoms with van der Waals surface area (Å²) in [6, 6.07) is 15.4. The molecule has 0 aromatic heterocycles. The fraction of sp³-hybridized carbons (Fsp3) is 0.333. The number of rotatable bonds is 5. The summed E-state index contributed by atoms with van der Waals surface area (Å²) in [5, 5.41) is 11.2. The van der Waals surface area contributed by atoms with Gasteiger partial charge in [-0.1, -0.05) is 36.4 Å². The standard InChI is InChI=1S/C18H21N3O3/c1-24-18-8-7-13(9-17(18)21(22)23)10-20-11-15(16(19)12-20)14-5-3-2-4-6-14/h2-9,15-16H,10-12,19H2,1H3/t15-,16+/m0/s1. The van der Waals surface area contributed by atoms with Crippen molar-refractivity contribution in [2.24, 2.45) is 5.73 Å². The van der Waals surface area contributed by atoms with Crippen LogP contribution in [-0.4, -0.2) is 36.1 Å². The molecule has 0 unspecified atom stereocenters. The van der Waals surface area contributed by atoms with Crippen LogP contribution in [0.2, 0.25) is 0 Å². The molecule has 0 saturated carbocycles. The molecule has 6 heteroatoms. The number of hydrogen-bond donors (Lipinski definition) is 1. The highest BCUT2D eigenvalue weighted by Gasteiger charge is 2.31. The van der Waals surface area contributed by atoms with E-state index in [9.17, 15) is 10.1 Å². The van der Waals surface area contributed by atoms with Crippen molar-refractivity contribution >= 4 is 5.69 Å². The van der Waals surface area contributed by atoms with Crippen LogP contribution in [0.1, 0.15) is 17.0 Å². The second kappa shape index (κ2) is 6.98. The van der Waals surface area contributed by atoms with Gasteiger partial charge in [-0.25, -0.2) is 0 Å². The van der Waals surface area contributed by atoms with E-state index >= 15 is 0 Å². The van der Waals surface area contributed by atoms with Crippen molar-refractivity contribution in [3.63, 3.8) is 0 Å². The van der Waals surface area contributed by atoms with Crippen LogP contribution in [0, 0.1) is 10.1 Å². The molecule has 2 aromatic rings. The number of benzene rings is 2. The summed E-state index contributed by atoms with van der Waals surface area (Å²) in [7, 11) is 1.44. The van der Waals surface area contributed by atoms with Crippen LogP contribution in [0.5, 0.6) is 5.75 Å². The Labute approximate surface area is 141 Å². The predicted molar refractivity (Wildman–Crippen MR) is 92.1 cm³/mol. The molecule has 2 aromatic carbocycles. The highest BCUT2D eigenvalue weighted by molar-refractivity contribution is 5.48. The minimum Gasteiger partial charge on any atom is -0.490 e. The number of likely N-dealkylation sites (tertiary alicyclic amines) is 1. The maximum absolute atomic E-state index is 11.2. The van der Waals surface area contributed by atoms with Crippen molar-refractivity contribution in [2.45, 2.75) is 18.5 Å². The Morgan fingerprint density at radius 3 is 2.67 bits per heavy atom. The summed E-state index contributed by atoms with van der Waals surface area (Å²) in [5.41, 5.74) is 8.44. The largest absolute Gasteiger partial charge is 0.490 e. The number of nitro groups is 1. The van der Waals surface area contributed by atoms with Crippen LogP contribution in [0.25, 0.3) is 0 Å². The van der Waals surface area contributed by atoms with E-state index < -0.39 is 4.92 Å². The average molecular weight is 327 g/mol. The molecule has 1 aliphatic rings. The van der Waals surface area contributed by atoms with Crippen LogP contribution >= 0.6 is 0 Å². The van der Waals surface area contributed by atoms with E-state index in [0.717, 1.165) is 18.7 Å². The topological polar surface area (TPSA) is 81.6 Å². The molecule has 1 heterocycles. The van der Waals surface area contributed by atoms with E-state index in [4.69, 9.17) is 10.5 Å². The minimum atomic E-state index is -0.412. The number of hydrogen-bond acceptors (Lipinski definition) is 5. The summed E-state index contributed by atoms with van der Waals surface area (Å²) in [4.78, 5) is 13.0. The van der Waals surface area contributed by atoms with Crippen LogP contribution in [0.15, 0.2) is 48.5 Å². The molecule has 0 amide bonds. The van der Waals surface area contributed by atoms with Crippen LogP contribution in [-0.2, 0) is 6.54 Å². The molecule has 0 spiro atoms. The Hall–Kier alpha value is -2.44. The molecule has 3 rings (SSSR count). The molecule has 1 saturated heterocycles. The van der Waals surface area contributed by atoms with E-state index in [-0.39, 0.29) is 17.5 Å². The molecule has 1 aliphatic heterocycles. The van der Waals surface area contributed by atoms with Crippen molar-refractivity contribution in [3.8, 4) is 5.75 Å². The van der Waals surface area contributed by atoms with Crippen molar-refractivity contribution in [1.82, 2.24) is 4.90 Å². The molecule has 2 N–H and O–H groups in total. The fourth-order valence-electron chi connectivity index (χ4n) is 3.33. The number of methoxy groups -OCH3 is 1. The third-order valence-corrected chi connectivity index (χ3v) is 4.51. The lowest BCUT2D eigenvalue weighted by atomic mass is 9.95. The lowest BCUT2D eigenvalue weighted by Gasteiger charge is -2.16. The maximum Gasteiger partial charge on any atom is 0.311 e. The number of nitrogens with zero attached hydrogens (tertiary/aromatic N) is 2. The van der Waals surface area contributed by atoms with Gasteiger partial charge in [0.25, 0.3) is 0 Å². The highest BCUT2D eigenvalue weighted by atomic mass is 16.6. The first-order chi connectivity index (χ1) is 11.6. The molecule has 0 bridgehead atoms. The third-order valence-electron chi connectivity index (χ3n) is 4.51. The second-order valence-corrected chi connectivity index (χ2v) is 6.14. The Bertz CT molecular complexity index is 721. The van der Waals surface area contributed by atoms with E-state index in [0.29, 0.717) is 12.5 Å². The van der Waals surface area contributed by atoms with Crippen molar-refractivity contribution in [1.29, 1.82) is 0 Å². The molecule has 24 heavy (non-hydrogen) atoms. The van der Waals surface area contributed by atoms with Crippen LogP contribution in [0.3, 0.4) is 0 Å². The molecule has 1 fully saturated rings. The summed E-state index contributed by atoms with van der Waals surface area (Å²) in [5.74, 6) is 0.573. The number of nitrogens with two attached hydrogens (primary N) is 1. The number of ether oxygens (including phenoxy) is 1. The molecular formula is C18H21N3O3. The summed E-state index contributed by atoms with van der Waals surface area (Å²) in [6.07, 6.45) is 0. The van der Waals surface area contributed by atoms with Gasteiger partial charge in [0.15, 0.2) is 5.75 Å². The van der Waals surface area contributed by atoms with Gasteiger partial charge in [-0.15, -0.1) is 0 Å². The highest BCUT2D eigenvalue weighted by Crippen LogP contribution is 2.30. The quantitative estimate of drug-likeness (QED) is 0.674. The molecule has 0 aliphatic carbocycles. The maximum atomic E-state index is 11.2. The first-order valence-corrected chi connectivity index (χ1v) is 7.92.